The third kappa shape index (κ3) is 1.02. The van der Waals surface area contributed by atoms with Crippen molar-refractivity contribution in [3.05, 3.63) is 23.9 Å². The predicted octanol–water partition coefficient (Wildman–Crippen LogP) is 0.981. The van der Waals surface area contributed by atoms with E-state index in [0.717, 1.165) is 18.3 Å². The Balaban J connectivity index is 2.75. The van der Waals surface area contributed by atoms with E-state index in [1.165, 1.54) is 11.2 Å². The second-order valence-corrected chi connectivity index (χ2v) is 3.02. The van der Waals surface area contributed by atoms with Crippen LogP contribution < -0.4 is 5.59 Å². The predicted molar refractivity (Wildman–Crippen MR) is 53.5 cm³/mol. The van der Waals surface area contributed by atoms with Crippen molar-refractivity contribution in [3.63, 3.8) is 0 Å². The number of pyridine rings is 1. The lowest BCUT2D eigenvalue weighted by molar-refractivity contribution is 1.38. The monoisotopic (exact) mass is 158 g/mol. The molecule has 2 heterocycles. The molecule has 2 rings (SSSR count). The third-order valence-electron chi connectivity index (χ3n) is 2.13. The number of H-pyrrole nitrogens is 1. The van der Waals surface area contributed by atoms with Gasteiger partial charge in [-0.05, 0) is 24.6 Å². The zero-order chi connectivity index (χ0) is 8.55. The highest BCUT2D eigenvalue weighted by Crippen LogP contribution is 2.11. The van der Waals surface area contributed by atoms with Crippen molar-refractivity contribution in [2.24, 2.45) is 0 Å². The van der Waals surface area contributed by atoms with E-state index < -0.39 is 0 Å². The molecule has 0 aromatic carbocycles. The van der Waals surface area contributed by atoms with Gasteiger partial charge < -0.3 is 4.98 Å². The number of hydrogen-bond donors (Lipinski definition) is 1. The summed E-state index contributed by atoms with van der Waals surface area (Å²) in [6.07, 6.45) is 1.93. The SMILES string of the molecule is CBc1cc(C)c2[nH]ccc2n1. The molecule has 0 fully saturated rings. The van der Waals surface area contributed by atoms with Crippen molar-refractivity contribution < 1.29 is 0 Å². The zero-order valence-corrected chi connectivity index (χ0v) is 7.39. The maximum Gasteiger partial charge on any atom is 0.179 e. The minimum atomic E-state index is 1.00. The molecule has 2 nitrogen and oxygen atoms in total. The maximum atomic E-state index is 4.48. The second-order valence-electron chi connectivity index (χ2n) is 3.02. The number of nitrogens with one attached hydrogen (secondary N) is 1. The van der Waals surface area contributed by atoms with E-state index in [9.17, 15) is 0 Å². The number of aromatic amines is 1. The van der Waals surface area contributed by atoms with Crippen LogP contribution in [0.3, 0.4) is 0 Å². The average Bonchev–Trinajstić information content (AvgIpc) is 2.52. The first-order valence-corrected chi connectivity index (χ1v) is 4.25. The van der Waals surface area contributed by atoms with E-state index in [0.29, 0.717) is 0 Å². The van der Waals surface area contributed by atoms with Gasteiger partial charge in [0.25, 0.3) is 0 Å². The van der Waals surface area contributed by atoms with Gasteiger partial charge in [0.1, 0.15) is 0 Å². The van der Waals surface area contributed by atoms with Gasteiger partial charge in [-0.15, -0.1) is 0 Å². The number of rotatable bonds is 1. The van der Waals surface area contributed by atoms with Crippen LogP contribution in [0, 0.1) is 6.92 Å². The van der Waals surface area contributed by atoms with Crippen LogP contribution in [0.15, 0.2) is 18.3 Å². The summed E-state index contributed by atoms with van der Waals surface area (Å²) in [4.78, 5) is 7.66. The highest BCUT2D eigenvalue weighted by molar-refractivity contribution is 6.51. The van der Waals surface area contributed by atoms with Gasteiger partial charge >= 0.3 is 0 Å². The van der Waals surface area contributed by atoms with Gasteiger partial charge in [-0.1, -0.05) is 6.82 Å². The molecular formula is C9H11BN2. The number of fused-ring (bicyclic) bond motifs is 1. The minimum Gasteiger partial charge on any atom is -0.360 e. The van der Waals surface area contributed by atoms with Crippen LogP contribution in [0.25, 0.3) is 11.0 Å². The first kappa shape index (κ1) is 7.41. The molecule has 60 valence electrons. The van der Waals surface area contributed by atoms with Crippen LogP contribution in [-0.2, 0) is 0 Å². The summed E-state index contributed by atoms with van der Waals surface area (Å²) in [6.45, 7) is 4.24. The van der Waals surface area contributed by atoms with E-state index in [1.54, 1.807) is 0 Å². The topological polar surface area (TPSA) is 28.7 Å². The van der Waals surface area contributed by atoms with E-state index in [4.69, 9.17) is 0 Å². The maximum absolute atomic E-state index is 4.48. The molecule has 2 aromatic rings. The van der Waals surface area contributed by atoms with Crippen LogP contribution in [0.5, 0.6) is 0 Å². The molecule has 0 aliphatic heterocycles. The minimum absolute atomic E-state index is 1.00. The first-order chi connectivity index (χ1) is 5.81. The highest BCUT2D eigenvalue weighted by Gasteiger charge is 2.01. The van der Waals surface area contributed by atoms with Gasteiger partial charge in [0.05, 0.1) is 11.0 Å². The summed E-state index contributed by atoms with van der Waals surface area (Å²) < 4.78 is 0. The Kier molecular flexibility index (Phi) is 1.64. The molecule has 0 aliphatic rings. The summed E-state index contributed by atoms with van der Waals surface area (Å²) in [7, 11) is 1.00. The summed E-state index contributed by atoms with van der Waals surface area (Å²) in [5.74, 6) is 0. The fraction of sp³-hybridized carbons (Fsp3) is 0.222. The van der Waals surface area contributed by atoms with Gasteiger partial charge in [0, 0.05) is 11.8 Å². The lowest BCUT2D eigenvalue weighted by Gasteiger charge is -1.99. The number of nitrogens with zero attached hydrogens (tertiary/aromatic N) is 1. The Hall–Kier alpha value is -1.25. The normalized spacial score (nSPS) is 10.5. The number of hydrogen-bond acceptors (Lipinski definition) is 1. The van der Waals surface area contributed by atoms with Gasteiger partial charge in [0.2, 0.25) is 0 Å². The van der Waals surface area contributed by atoms with Crippen molar-refractivity contribution in [1.29, 1.82) is 0 Å². The molecule has 0 bridgehead atoms. The van der Waals surface area contributed by atoms with Crippen LogP contribution in [0.1, 0.15) is 5.56 Å². The van der Waals surface area contributed by atoms with Crippen LogP contribution in [0.4, 0.5) is 0 Å². The Morgan fingerprint density at radius 3 is 3.08 bits per heavy atom. The zero-order valence-electron chi connectivity index (χ0n) is 7.39. The molecule has 0 unspecified atom stereocenters. The average molecular weight is 158 g/mol. The summed E-state index contributed by atoms with van der Waals surface area (Å²) in [5.41, 5.74) is 4.68. The molecule has 12 heavy (non-hydrogen) atoms. The van der Waals surface area contributed by atoms with Crippen molar-refractivity contribution in [1.82, 2.24) is 9.97 Å². The molecule has 0 aliphatic carbocycles. The smallest absolute Gasteiger partial charge is 0.179 e. The quantitative estimate of drug-likeness (QED) is 0.615. The van der Waals surface area contributed by atoms with E-state index in [2.05, 4.69) is 29.8 Å². The second kappa shape index (κ2) is 2.66. The molecule has 0 saturated carbocycles. The van der Waals surface area contributed by atoms with Crippen molar-refractivity contribution in [2.45, 2.75) is 13.7 Å². The Bertz CT molecular complexity index is 406. The van der Waals surface area contributed by atoms with Crippen molar-refractivity contribution in [2.75, 3.05) is 0 Å². The molecule has 0 amide bonds. The summed E-state index contributed by atoms with van der Waals surface area (Å²) in [6, 6.07) is 4.15. The van der Waals surface area contributed by atoms with Crippen LogP contribution in [-0.4, -0.2) is 17.2 Å². The largest absolute Gasteiger partial charge is 0.360 e. The van der Waals surface area contributed by atoms with Gasteiger partial charge in [-0.2, -0.15) is 0 Å². The molecular weight excluding hydrogens is 147 g/mol. The third-order valence-corrected chi connectivity index (χ3v) is 2.13. The fourth-order valence-electron chi connectivity index (χ4n) is 1.46. The lowest BCUT2D eigenvalue weighted by atomic mass is 9.77. The molecule has 2 aromatic heterocycles. The van der Waals surface area contributed by atoms with Crippen molar-refractivity contribution in [3.8, 4) is 0 Å². The van der Waals surface area contributed by atoms with Crippen LogP contribution >= 0.6 is 0 Å². The highest BCUT2D eigenvalue weighted by atomic mass is 14.8. The van der Waals surface area contributed by atoms with Gasteiger partial charge in [-0.25, -0.2) is 0 Å². The Morgan fingerprint density at radius 2 is 2.33 bits per heavy atom. The number of aromatic nitrogens is 2. The first-order valence-electron chi connectivity index (χ1n) is 4.25. The standard InChI is InChI=1S/C9H11BN2/c1-6-5-8(10-2)12-7-3-4-11-9(6)7/h3-5,10-11H,1-2H3. The Labute approximate surface area is 72.3 Å². The molecule has 3 heteroatoms. The summed E-state index contributed by atoms with van der Waals surface area (Å²) >= 11 is 0. The molecule has 0 saturated heterocycles. The molecule has 0 spiro atoms. The van der Waals surface area contributed by atoms with Crippen molar-refractivity contribution >= 4 is 23.9 Å². The van der Waals surface area contributed by atoms with Gasteiger partial charge in [-0.3, -0.25) is 4.98 Å². The van der Waals surface area contributed by atoms with E-state index in [1.807, 2.05) is 12.3 Å². The van der Waals surface area contributed by atoms with Crippen LogP contribution in [0.2, 0.25) is 6.82 Å². The molecule has 0 radical (unpaired) electrons. The lowest BCUT2D eigenvalue weighted by Crippen LogP contribution is -2.15. The summed E-state index contributed by atoms with van der Waals surface area (Å²) in [5, 5.41) is 0. The number of aryl methyl sites for hydroxylation is 1. The van der Waals surface area contributed by atoms with Gasteiger partial charge in [0.15, 0.2) is 7.28 Å². The van der Waals surface area contributed by atoms with E-state index >= 15 is 0 Å². The Morgan fingerprint density at radius 1 is 1.50 bits per heavy atom. The fourth-order valence-corrected chi connectivity index (χ4v) is 1.46. The molecule has 0 atom stereocenters. The van der Waals surface area contributed by atoms with E-state index in [-0.39, 0.29) is 0 Å². The molecule has 1 N–H and O–H groups in total.